The smallest absolute Gasteiger partial charge is 0.156 e. The molecule has 0 aromatic rings. The highest BCUT2D eigenvalue weighted by Crippen LogP contribution is 2.21. The summed E-state index contributed by atoms with van der Waals surface area (Å²) in [6.45, 7) is 3.88. The lowest BCUT2D eigenvalue weighted by Crippen LogP contribution is -2.24. The fourth-order valence-electron chi connectivity index (χ4n) is 1.03. The van der Waals surface area contributed by atoms with Crippen LogP contribution in [0.5, 0.6) is 0 Å². The quantitative estimate of drug-likeness (QED) is 0.763. The summed E-state index contributed by atoms with van der Waals surface area (Å²) >= 11 is 1.80. The number of aliphatic imine (C=N–C) groups is 1. The summed E-state index contributed by atoms with van der Waals surface area (Å²) in [7, 11) is -0.703. The van der Waals surface area contributed by atoms with Gasteiger partial charge in [0.15, 0.2) is 5.17 Å². The molecule has 0 aromatic heterocycles. The molecule has 0 bridgehead atoms. The van der Waals surface area contributed by atoms with Crippen molar-refractivity contribution in [1.29, 1.82) is 0 Å². The number of nitrogens with zero attached hydrogens (tertiary/aromatic N) is 1. The molecular formula is C8H16N2OS2. The highest BCUT2D eigenvalue weighted by Gasteiger charge is 2.16. The normalized spacial score (nSPS) is 24.2. The van der Waals surface area contributed by atoms with Crippen molar-refractivity contribution >= 4 is 27.7 Å². The topological polar surface area (TPSA) is 41.5 Å². The Morgan fingerprint density at radius 1 is 1.77 bits per heavy atom. The lowest BCUT2D eigenvalue weighted by atomic mass is 10.3. The van der Waals surface area contributed by atoms with E-state index in [9.17, 15) is 4.21 Å². The third-order valence-electron chi connectivity index (χ3n) is 1.84. The van der Waals surface area contributed by atoms with Gasteiger partial charge < -0.3 is 5.32 Å². The van der Waals surface area contributed by atoms with Crippen LogP contribution in [0.2, 0.25) is 0 Å². The van der Waals surface area contributed by atoms with Gasteiger partial charge in [0, 0.05) is 34.6 Å². The Morgan fingerprint density at radius 3 is 3.08 bits per heavy atom. The zero-order valence-electron chi connectivity index (χ0n) is 8.08. The minimum Gasteiger partial charge on any atom is -0.364 e. The summed E-state index contributed by atoms with van der Waals surface area (Å²) in [4.78, 5) is 4.35. The first-order valence-electron chi connectivity index (χ1n) is 4.47. The fraction of sp³-hybridized carbons (Fsp3) is 0.875. The lowest BCUT2D eigenvalue weighted by molar-refractivity contribution is 0.685. The van der Waals surface area contributed by atoms with Gasteiger partial charge in [-0.3, -0.25) is 9.20 Å². The standard InChI is InChI=1S/C8H16N2OS2/c1-3-7-6-10-8(12-7)9-4-5-13(2)11/h7H,3-6H2,1-2H3,(H,9,10). The van der Waals surface area contributed by atoms with Gasteiger partial charge in [-0.1, -0.05) is 18.7 Å². The van der Waals surface area contributed by atoms with E-state index >= 15 is 0 Å². The van der Waals surface area contributed by atoms with Gasteiger partial charge in [-0.25, -0.2) is 0 Å². The van der Waals surface area contributed by atoms with E-state index in [-0.39, 0.29) is 0 Å². The maximum absolute atomic E-state index is 10.8. The van der Waals surface area contributed by atoms with Gasteiger partial charge in [0.25, 0.3) is 0 Å². The van der Waals surface area contributed by atoms with Crippen LogP contribution in [0.15, 0.2) is 4.99 Å². The SMILES string of the molecule is CCC1CN=C(NCCS(C)=O)S1. The largest absolute Gasteiger partial charge is 0.364 e. The number of nitrogens with one attached hydrogen (secondary N) is 1. The molecule has 0 fully saturated rings. The second kappa shape index (κ2) is 5.65. The maximum Gasteiger partial charge on any atom is 0.156 e. The summed E-state index contributed by atoms with van der Waals surface area (Å²) in [5.41, 5.74) is 0. The molecule has 13 heavy (non-hydrogen) atoms. The summed E-state index contributed by atoms with van der Waals surface area (Å²) in [6, 6.07) is 0. The molecule has 3 nitrogen and oxygen atoms in total. The van der Waals surface area contributed by atoms with Gasteiger partial charge in [-0.2, -0.15) is 0 Å². The number of hydrogen-bond donors (Lipinski definition) is 1. The molecule has 0 radical (unpaired) electrons. The van der Waals surface area contributed by atoms with Crippen LogP contribution < -0.4 is 5.32 Å². The van der Waals surface area contributed by atoms with Crippen LogP contribution in [0.4, 0.5) is 0 Å². The van der Waals surface area contributed by atoms with E-state index in [4.69, 9.17) is 0 Å². The van der Waals surface area contributed by atoms with Gasteiger partial charge >= 0.3 is 0 Å². The van der Waals surface area contributed by atoms with E-state index in [0.29, 0.717) is 11.0 Å². The van der Waals surface area contributed by atoms with Gasteiger partial charge in [-0.15, -0.1) is 0 Å². The molecular weight excluding hydrogens is 204 g/mol. The first-order chi connectivity index (χ1) is 6.22. The van der Waals surface area contributed by atoms with Crippen molar-refractivity contribution in [1.82, 2.24) is 5.32 Å². The maximum atomic E-state index is 10.8. The molecule has 1 heterocycles. The third-order valence-corrected chi connectivity index (χ3v) is 3.93. The summed E-state index contributed by atoms with van der Waals surface area (Å²) < 4.78 is 10.8. The highest BCUT2D eigenvalue weighted by molar-refractivity contribution is 8.14. The van der Waals surface area contributed by atoms with Crippen molar-refractivity contribution in [3.63, 3.8) is 0 Å². The van der Waals surface area contributed by atoms with Gasteiger partial charge in [-0.05, 0) is 6.42 Å². The lowest BCUT2D eigenvalue weighted by Gasteiger charge is -2.05. The van der Waals surface area contributed by atoms with E-state index in [1.54, 1.807) is 18.0 Å². The van der Waals surface area contributed by atoms with E-state index in [1.165, 1.54) is 6.42 Å². The average molecular weight is 220 g/mol. The molecule has 1 aliphatic rings. The Labute approximate surface area is 86.2 Å². The van der Waals surface area contributed by atoms with Crippen LogP contribution in [0.1, 0.15) is 13.3 Å². The number of amidine groups is 1. The van der Waals surface area contributed by atoms with Crippen molar-refractivity contribution in [2.24, 2.45) is 4.99 Å². The summed E-state index contributed by atoms with van der Waals surface area (Å²) in [5, 5.41) is 4.87. The molecule has 2 atom stereocenters. The minimum atomic E-state index is -0.703. The average Bonchev–Trinajstić information content (AvgIpc) is 2.52. The van der Waals surface area contributed by atoms with Gasteiger partial charge in [0.05, 0.1) is 6.54 Å². The predicted molar refractivity (Wildman–Crippen MR) is 60.9 cm³/mol. The zero-order valence-corrected chi connectivity index (χ0v) is 9.71. The van der Waals surface area contributed by atoms with Gasteiger partial charge in [0.2, 0.25) is 0 Å². The Kier molecular flexibility index (Phi) is 4.80. The van der Waals surface area contributed by atoms with Crippen LogP contribution >= 0.6 is 11.8 Å². The van der Waals surface area contributed by atoms with E-state index < -0.39 is 10.8 Å². The molecule has 1 N–H and O–H groups in total. The first-order valence-corrected chi connectivity index (χ1v) is 7.08. The third kappa shape index (κ3) is 4.13. The van der Waals surface area contributed by atoms with Crippen LogP contribution in [0.3, 0.4) is 0 Å². The Balaban J connectivity index is 2.13. The molecule has 2 unspecified atom stereocenters. The molecule has 0 aromatic carbocycles. The first kappa shape index (κ1) is 11.0. The molecule has 0 spiro atoms. The fourth-order valence-corrected chi connectivity index (χ4v) is 2.38. The minimum absolute atomic E-state index is 0.648. The number of hydrogen-bond acceptors (Lipinski definition) is 4. The van der Waals surface area contributed by atoms with Crippen molar-refractivity contribution in [3.05, 3.63) is 0 Å². The van der Waals surface area contributed by atoms with E-state index in [0.717, 1.165) is 18.3 Å². The molecule has 0 aliphatic carbocycles. The number of rotatable bonds is 4. The van der Waals surface area contributed by atoms with Crippen molar-refractivity contribution in [3.8, 4) is 0 Å². The van der Waals surface area contributed by atoms with Gasteiger partial charge in [0.1, 0.15) is 0 Å². The molecule has 1 rings (SSSR count). The molecule has 0 amide bonds. The highest BCUT2D eigenvalue weighted by atomic mass is 32.2. The second-order valence-electron chi connectivity index (χ2n) is 3.00. The zero-order chi connectivity index (χ0) is 9.68. The molecule has 76 valence electrons. The number of thioether (sulfide) groups is 1. The van der Waals surface area contributed by atoms with Crippen molar-refractivity contribution in [2.75, 3.05) is 25.1 Å². The van der Waals surface area contributed by atoms with E-state index in [1.807, 2.05) is 0 Å². The van der Waals surface area contributed by atoms with Crippen molar-refractivity contribution < 1.29 is 4.21 Å². The van der Waals surface area contributed by atoms with Crippen LogP contribution in [0.25, 0.3) is 0 Å². The van der Waals surface area contributed by atoms with E-state index in [2.05, 4.69) is 17.2 Å². The monoisotopic (exact) mass is 220 g/mol. The molecule has 0 saturated heterocycles. The summed E-state index contributed by atoms with van der Waals surface area (Å²) in [5.74, 6) is 0.705. The predicted octanol–water partition coefficient (Wildman–Crippen LogP) is 0.836. The Morgan fingerprint density at radius 2 is 2.54 bits per heavy atom. The molecule has 0 saturated carbocycles. The molecule has 5 heteroatoms. The van der Waals surface area contributed by atoms with Crippen LogP contribution in [-0.4, -0.2) is 39.7 Å². The summed E-state index contributed by atoms with van der Waals surface area (Å²) in [6.07, 6.45) is 2.89. The Bertz CT molecular complexity index is 218. The Hall–Kier alpha value is -0.0300. The molecule has 1 aliphatic heterocycles. The van der Waals surface area contributed by atoms with Crippen LogP contribution in [0, 0.1) is 0 Å². The van der Waals surface area contributed by atoms with Crippen molar-refractivity contribution in [2.45, 2.75) is 18.6 Å². The second-order valence-corrected chi connectivity index (χ2v) is 5.84. The van der Waals surface area contributed by atoms with Crippen LogP contribution in [-0.2, 0) is 10.8 Å².